The van der Waals surface area contributed by atoms with Crippen molar-refractivity contribution in [2.24, 2.45) is 5.14 Å². The highest BCUT2D eigenvalue weighted by Gasteiger charge is 2.15. The fourth-order valence-electron chi connectivity index (χ4n) is 2.67. The van der Waals surface area contributed by atoms with Crippen molar-refractivity contribution in [3.63, 3.8) is 0 Å². The lowest BCUT2D eigenvalue weighted by molar-refractivity contribution is -0.122. The number of hydrogen-bond acceptors (Lipinski definition) is 5. The molecule has 2 aromatic rings. The van der Waals surface area contributed by atoms with E-state index in [4.69, 9.17) is 5.14 Å². The van der Waals surface area contributed by atoms with Crippen molar-refractivity contribution in [1.82, 2.24) is 20.1 Å². The number of sulfonamides is 1. The molecule has 0 unspecified atom stereocenters. The van der Waals surface area contributed by atoms with Gasteiger partial charge in [-0.2, -0.15) is 5.10 Å². The number of primary sulfonamides is 1. The summed E-state index contributed by atoms with van der Waals surface area (Å²) in [6.07, 6.45) is 5.08. The molecule has 0 aliphatic heterocycles. The number of hydrogen-bond donors (Lipinski definition) is 3. The molecule has 4 N–H and O–H groups in total. The second kappa shape index (κ2) is 6.21. The van der Waals surface area contributed by atoms with Crippen LogP contribution in [0.5, 0.6) is 0 Å². The highest BCUT2D eigenvalue weighted by atomic mass is 32.2. The molecule has 0 saturated heterocycles. The molecule has 3 rings (SSSR count). The summed E-state index contributed by atoms with van der Waals surface area (Å²) in [6, 6.07) is 1.83. The van der Waals surface area contributed by atoms with Crippen molar-refractivity contribution in [3.8, 4) is 0 Å². The number of fused-ring (bicyclic) bond motifs is 1. The number of carbonyl (C=O) groups is 1. The Kier molecular flexibility index (Phi) is 4.24. The Bertz CT molecular complexity index is 944. The SMILES string of the molecule is NS(=O)(=O)c1cnn(CC(=O)NCc2cc3c([nH]c2=O)CCC3)c1. The molecule has 0 spiro atoms. The molecule has 0 fully saturated rings. The highest BCUT2D eigenvalue weighted by molar-refractivity contribution is 7.89. The summed E-state index contributed by atoms with van der Waals surface area (Å²) in [6.45, 7) is -0.0663. The predicted molar refractivity (Wildman–Crippen MR) is 84.5 cm³/mol. The minimum absolute atomic E-state index is 0.102. The first-order valence-electron chi connectivity index (χ1n) is 7.39. The average molecular weight is 351 g/mol. The van der Waals surface area contributed by atoms with Crippen LogP contribution < -0.4 is 16.0 Å². The van der Waals surface area contributed by atoms with Crippen LogP contribution in [0.15, 0.2) is 28.2 Å². The number of aromatic nitrogens is 3. The van der Waals surface area contributed by atoms with Crippen molar-refractivity contribution in [1.29, 1.82) is 0 Å². The first kappa shape index (κ1) is 16.4. The molecule has 1 amide bonds. The highest BCUT2D eigenvalue weighted by Crippen LogP contribution is 2.18. The molecular weight excluding hydrogens is 334 g/mol. The van der Waals surface area contributed by atoms with Crippen LogP contribution in [0.3, 0.4) is 0 Å². The Hall–Kier alpha value is -2.46. The van der Waals surface area contributed by atoms with Crippen molar-refractivity contribution < 1.29 is 13.2 Å². The van der Waals surface area contributed by atoms with Gasteiger partial charge in [-0.25, -0.2) is 13.6 Å². The van der Waals surface area contributed by atoms with Crippen LogP contribution in [-0.2, 0) is 40.7 Å². The van der Waals surface area contributed by atoms with Crippen molar-refractivity contribution in [3.05, 3.63) is 45.6 Å². The molecule has 0 radical (unpaired) electrons. The minimum atomic E-state index is -3.85. The van der Waals surface area contributed by atoms with Crippen molar-refractivity contribution >= 4 is 15.9 Å². The Balaban J connectivity index is 1.62. The average Bonchev–Trinajstić information content (AvgIpc) is 3.13. The molecule has 0 aromatic carbocycles. The number of rotatable bonds is 5. The smallest absolute Gasteiger partial charge is 0.253 e. The van der Waals surface area contributed by atoms with E-state index in [2.05, 4.69) is 15.4 Å². The monoisotopic (exact) mass is 351 g/mol. The lowest BCUT2D eigenvalue weighted by atomic mass is 10.1. The summed E-state index contributed by atoms with van der Waals surface area (Å²) >= 11 is 0. The molecular formula is C14H17N5O4S. The van der Waals surface area contributed by atoms with Crippen LogP contribution in [0.25, 0.3) is 0 Å². The van der Waals surface area contributed by atoms with Crippen molar-refractivity contribution in [2.75, 3.05) is 0 Å². The quantitative estimate of drug-likeness (QED) is 0.635. The predicted octanol–water partition coefficient (Wildman–Crippen LogP) is -0.976. The van der Waals surface area contributed by atoms with Crippen LogP contribution in [0.4, 0.5) is 0 Å². The van der Waals surface area contributed by atoms with Gasteiger partial charge in [-0.1, -0.05) is 0 Å². The summed E-state index contributed by atoms with van der Waals surface area (Å²) < 4.78 is 23.5. The Morgan fingerprint density at radius 2 is 2.21 bits per heavy atom. The third kappa shape index (κ3) is 3.54. The first-order valence-corrected chi connectivity index (χ1v) is 8.93. The van der Waals surface area contributed by atoms with Gasteiger partial charge in [0.2, 0.25) is 15.9 Å². The Morgan fingerprint density at radius 3 is 2.92 bits per heavy atom. The summed E-state index contributed by atoms with van der Waals surface area (Å²) in [5.41, 5.74) is 2.38. The van der Waals surface area contributed by atoms with Gasteiger partial charge in [-0.15, -0.1) is 0 Å². The maximum Gasteiger partial charge on any atom is 0.253 e. The second-order valence-corrected chi connectivity index (χ2v) is 7.24. The number of amides is 1. The summed E-state index contributed by atoms with van der Waals surface area (Å²) in [5, 5.41) is 11.4. The summed E-state index contributed by atoms with van der Waals surface area (Å²) in [4.78, 5) is 26.6. The summed E-state index contributed by atoms with van der Waals surface area (Å²) in [7, 11) is -3.85. The second-order valence-electron chi connectivity index (χ2n) is 5.68. The van der Waals surface area contributed by atoms with E-state index in [1.54, 1.807) is 0 Å². The van der Waals surface area contributed by atoms with E-state index in [0.29, 0.717) is 5.56 Å². The molecule has 2 heterocycles. The Morgan fingerprint density at radius 1 is 1.42 bits per heavy atom. The molecule has 1 aliphatic rings. The van der Waals surface area contributed by atoms with Crippen LogP contribution >= 0.6 is 0 Å². The molecule has 9 nitrogen and oxygen atoms in total. The van der Waals surface area contributed by atoms with Gasteiger partial charge >= 0.3 is 0 Å². The summed E-state index contributed by atoms with van der Waals surface area (Å²) in [5.74, 6) is -0.390. The van der Waals surface area contributed by atoms with Crippen LogP contribution in [0.2, 0.25) is 0 Å². The minimum Gasteiger partial charge on any atom is -0.350 e. The van der Waals surface area contributed by atoms with E-state index in [1.165, 1.54) is 10.9 Å². The normalized spacial score (nSPS) is 13.7. The fraction of sp³-hybridized carbons (Fsp3) is 0.357. The fourth-order valence-corrected chi connectivity index (χ4v) is 3.13. The van der Waals surface area contributed by atoms with Gasteiger partial charge in [0.1, 0.15) is 11.4 Å². The van der Waals surface area contributed by atoms with Crippen LogP contribution in [0, 0.1) is 0 Å². The number of nitrogens with one attached hydrogen (secondary N) is 2. The van der Waals surface area contributed by atoms with E-state index in [1.807, 2.05) is 6.07 Å². The lowest BCUT2D eigenvalue weighted by Crippen LogP contribution is -2.30. The van der Waals surface area contributed by atoms with Crippen LogP contribution in [0.1, 0.15) is 23.2 Å². The third-order valence-electron chi connectivity index (χ3n) is 3.88. The number of nitrogens with two attached hydrogens (primary N) is 1. The van der Waals surface area contributed by atoms with Crippen LogP contribution in [-0.4, -0.2) is 29.1 Å². The molecule has 0 saturated carbocycles. The first-order chi connectivity index (χ1) is 11.3. The number of aromatic amines is 1. The molecule has 1 aliphatic carbocycles. The van der Waals surface area contributed by atoms with Gasteiger partial charge in [0.25, 0.3) is 5.56 Å². The molecule has 10 heteroatoms. The Labute approximate surface area is 137 Å². The topological polar surface area (TPSA) is 140 Å². The number of carbonyl (C=O) groups excluding carboxylic acids is 1. The van der Waals surface area contributed by atoms with Gasteiger partial charge < -0.3 is 10.3 Å². The molecule has 0 bridgehead atoms. The molecule has 0 atom stereocenters. The maximum absolute atomic E-state index is 12.0. The lowest BCUT2D eigenvalue weighted by Gasteiger charge is -2.07. The zero-order valence-electron chi connectivity index (χ0n) is 12.8. The van der Waals surface area contributed by atoms with E-state index in [9.17, 15) is 18.0 Å². The molecule has 24 heavy (non-hydrogen) atoms. The zero-order chi connectivity index (χ0) is 17.3. The van der Waals surface area contributed by atoms with E-state index < -0.39 is 10.0 Å². The standard InChI is InChI=1S/C14H17N5O4S/c15-24(22,23)11-6-17-19(7-11)8-13(20)16-5-10-4-9-2-1-3-12(9)18-14(10)21/h4,6-7H,1-3,5,8H2,(H,16,20)(H,18,21)(H2,15,22,23). The maximum atomic E-state index is 12.0. The number of pyridine rings is 1. The van der Waals surface area contributed by atoms with Gasteiger partial charge in [0.05, 0.1) is 6.20 Å². The van der Waals surface area contributed by atoms with Gasteiger partial charge in [-0.05, 0) is 30.9 Å². The van der Waals surface area contributed by atoms with E-state index >= 15 is 0 Å². The molecule has 2 aromatic heterocycles. The number of H-pyrrole nitrogens is 1. The third-order valence-corrected chi connectivity index (χ3v) is 4.75. The zero-order valence-corrected chi connectivity index (χ0v) is 13.6. The van der Waals surface area contributed by atoms with Gasteiger partial charge in [0.15, 0.2) is 0 Å². The van der Waals surface area contributed by atoms with E-state index in [-0.39, 0.29) is 29.5 Å². The number of aryl methyl sites for hydroxylation is 2. The van der Waals surface area contributed by atoms with Gasteiger partial charge in [0, 0.05) is 24.0 Å². The van der Waals surface area contributed by atoms with Gasteiger partial charge in [-0.3, -0.25) is 14.3 Å². The number of nitrogens with zero attached hydrogens (tertiary/aromatic N) is 2. The van der Waals surface area contributed by atoms with E-state index in [0.717, 1.165) is 36.7 Å². The molecule has 128 valence electrons. The van der Waals surface area contributed by atoms with Crippen molar-refractivity contribution in [2.45, 2.75) is 37.2 Å². The largest absolute Gasteiger partial charge is 0.350 e.